The van der Waals surface area contributed by atoms with Crippen LogP contribution in [0.4, 0.5) is 5.69 Å². The second-order valence-electron chi connectivity index (χ2n) is 9.71. The standard InChI is InChI=1S/C33H26AsNO2/c1-35-31-24-14-12-22-29(31)33(32(35)36)28-21-11-13-23-30(28)34(37-33,25-15-5-2-6-16-25,26-17-7-3-8-18-26)27-19-9-4-10-20-27/h2-24H,1H3/t33-/m0/s1. The summed E-state index contributed by atoms with van der Waals surface area (Å²) >= 11 is -4.73. The van der Waals surface area contributed by atoms with Crippen molar-refractivity contribution in [1.29, 1.82) is 0 Å². The summed E-state index contributed by atoms with van der Waals surface area (Å²) in [5.74, 6) is -0.0476. The van der Waals surface area contributed by atoms with Crippen LogP contribution in [-0.2, 0) is 14.1 Å². The Labute approximate surface area is 218 Å². The number of carbonyl (C=O) groups is 1. The molecule has 2 aliphatic rings. The fraction of sp³-hybridized carbons (Fsp3) is 0.0606. The number of para-hydroxylation sites is 1. The Morgan fingerprint density at radius 3 is 1.54 bits per heavy atom. The number of amides is 1. The van der Waals surface area contributed by atoms with Crippen LogP contribution in [0.15, 0.2) is 140 Å². The Balaban J connectivity index is 1.75. The van der Waals surface area contributed by atoms with Crippen molar-refractivity contribution in [3.05, 3.63) is 151 Å². The third-order valence-corrected chi connectivity index (χ3v) is 20.2. The van der Waals surface area contributed by atoms with E-state index in [1.54, 1.807) is 4.90 Å². The Bertz CT molecular complexity index is 1550. The van der Waals surface area contributed by atoms with Crippen LogP contribution in [0.2, 0.25) is 0 Å². The number of nitrogens with zero attached hydrogens (tertiary/aromatic N) is 1. The van der Waals surface area contributed by atoms with E-state index in [1.807, 2.05) is 49.5 Å². The quantitative estimate of drug-likeness (QED) is 0.325. The topological polar surface area (TPSA) is 29.5 Å². The molecule has 2 heterocycles. The maximum atomic E-state index is 14.5. The number of benzene rings is 5. The number of anilines is 1. The monoisotopic (exact) mass is 543 g/mol. The van der Waals surface area contributed by atoms with Crippen molar-refractivity contribution < 1.29 is 8.52 Å². The maximum absolute atomic E-state index is 14.5. The van der Waals surface area contributed by atoms with Crippen molar-refractivity contribution in [3.63, 3.8) is 0 Å². The van der Waals surface area contributed by atoms with E-state index in [9.17, 15) is 4.79 Å². The molecule has 0 bridgehead atoms. The zero-order chi connectivity index (χ0) is 25.1. The molecule has 0 unspecified atom stereocenters. The molecule has 3 nitrogen and oxygen atoms in total. The van der Waals surface area contributed by atoms with E-state index in [1.165, 1.54) is 0 Å². The first-order valence-corrected chi connectivity index (χ1v) is 17.0. The molecule has 1 amide bonds. The fourth-order valence-electron chi connectivity index (χ4n) is 6.55. The van der Waals surface area contributed by atoms with Gasteiger partial charge in [0.05, 0.1) is 0 Å². The van der Waals surface area contributed by atoms with Crippen molar-refractivity contribution in [1.82, 2.24) is 0 Å². The second-order valence-corrected chi connectivity index (χ2v) is 18.7. The molecule has 0 saturated heterocycles. The number of carbonyl (C=O) groups excluding carboxylic acids is 1. The van der Waals surface area contributed by atoms with Gasteiger partial charge < -0.3 is 0 Å². The van der Waals surface area contributed by atoms with E-state index < -0.39 is 18.4 Å². The molecule has 180 valence electrons. The molecule has 0 aromatic heterocycles. The Morgan fingerprint density at radius 1 is 0.568 bits per heavy atom. The SMILES string of the molecule is CN1C(=O)[C@@]2(O[As](c3ccccc3)(c3ccccc3)(c3ccccc3)c3ccccc32)c2ccccc21. The second kappa shape index (κ2) is 7.79. The van der Waals surface area contributed by atoms with Crippen LogP contribution in [-0.4, -0.2) is 25.7 Å². The molecule has 0 aliphatic carbocycles. The Hall–Kier alpha value is -3.91. The zero-order valence-corrected chi connectivity index (χ0v) is 22.4. The summed E-state index contributed by atoms with van der Waals surface area (Å²) in [6.07, 6.45) is 0. The van der Waals surface area contributed by atoms with Crippen molar-refractivity contribution >= 4 is 41.8 Å². The van der Waals surface area contributed by atoms with Gasteiger partial charge in [-0.25, -0.2) is 0 Å². The molecule has 0 N–H and O–H groups in total. The van der Waals surface area contributed by atoms with Crippen LogP contribution in [0.3, 0.4) is 0 Å². The molecule has 0 saturated carbocycles. The summed E-state index contributed by atoms with van der Waals surface area (Å²) < 4.78 is 12.4. The first-order chi connectivity index (χ1) is 18.1. The average Bonchev–Trinajstić information content (AvgIpc) is 3.39. The van der Waals surface area contributed by atoms with Gasteiger partial charge in [-0.15, -0.1) is 0 Å². The summed E-state index contributed by atoms with van der Waals surface area (Å²) in [4.78, 5) is 16.3. The molecule has 1 atom stereocenters. The molecule has 5 aromatic rings. The molecule has 2 aliphatic heterocycles. The third-order valence-electron chi connectivity index (χ3n) is 8.06. The van der Waals surface area contributed by atoms with Crippen LogP contribution in [0.25, 0.3) is 0 Å². The van der Waals surface area contributed by atoms with Crippen LogP contribution in [0.5, 0.6) is 0 Å². The van der Waals surface area contributed by atoms with Gasteiger partial charge in [0.2, 0.25) is 0 Å². The summed E-state index contributed by atoms with van der Waals surface area (Å²) in [5.41, 5.74) is 1.50. The van der Waals surface area contributed by atoms with Gasteiger partial charge in [0, 0.05) is 0 Å². The Kier molecular flexibility index (Phi) is 4.70. The van der Waals surface area contributed by atoms with Gasteiger partial charge in [-0.2, -0.15) is 0 Å². The van der Waals surface area contributed by atoms with Crippen LogP contribution < -0.4 is 22.3 Å². The van der Waals surface area contributed by atoms with Crippen molar-refractivity contribution in [3.8, 4) is 0 Å². The molecule has 4 heteroatoms. The summed E-state index contributed by atoms with van der Waals surface area (Å²) in [5, 5.41) is 0. The number of hydrogen-bond donors (Lipinski definition) is 0. The predicted molar refractivity (Wildman–Crippen MR) is 152 cm³/mol. The van der Waals surface area contributed by atoms with E-state index in [2.05, 4.69) is 97.1 Å². The average molecular weight is 543 g/mol. The van der Waals surface area contributed by atoms with Crippen molar-refractivity contribution in [2.75, 3.05) is 11.9 Å². The normalized spacial score (nSPS) is 21.7. The number of likely N-dealkylation sites (N-methyl/N-ethyl adjacent to an activating group) is 1. The summed E-state index contributed by atoms with van der Waals surface area (Å²) in [6, 6.07) is 48.3. The van der Waals surface area contributed by atoms with Crippen LogP contribution >= 0.6 is 0 Å². The van der Waals surface area contributed by atoms with Gasteiger partial charge in [-0.1, -0.05) is 0 Å². The molecule has 0 radical (unpaired) electrons. The third kappa shape index (κ3) is 2.53. The van der Waals surface area contributed by atoms with Gasteiger partial charge in [0.25, 0.3) is 0 Å². The summed E-state index contributed by atoms with van der Waals surface area (Å²) in [7, 11) is 1.86. The Morgan fingerprint density at radius 2 is 1.00 bits per heavy atom. The van der Waals surface area contributed by atoms with E-state index in [0.717, 1.165) is 34.2 Å². The van der Waals surface area contributed by atoms with Crippen molar-refractivity contribution in [2.45, 2.75) is 5.60 Å². The molecule has 1 spiro atoms. The van der Waals surface area contributed by atoms with E-state index in [-0.39, 0.29) is 5.91 Å². The molecular formula is C33H26AsNO2. The number of hydrogen-bond acceptors (Lipinski definition) is 2. The predicted octanol–water partition coefficient (Wildman–Crippen LogP) is 3.76. The fourth-order valence-corrected chi connectivity index (χ4v) is 19.7. The van der Waals surface area contributed by atoms with E-state index in [4.69, 9.17) is 3.73 Å². The van der Waals surface area contributed by atoms with Crippen molar-refractivity contribution in [2.24, 2.45) is 0 Å². The molecule has 7 rings (SSSR count). The van der Waals surface area contributed by atoms with Gasteiger partial charge in [-0.3, -0.25) is 0 Å². The van der Waals surface area contributed by atoms with E-state index >= 15 is 0 Å². The molecule has 0 fully saturated rings. The first-order valence-electron chi connectivity index (χ1n) is 12.5. The van der Waals surface area contributed by atoms with Gasteiger partial charge in [0.15, 0.2) is 0 Å². The minimum absolute atomic E-state index is 0.0476. The molecule has 5 aromatic carbocycles. The minimum atomic E-state index is -4.73. The summed E-state index contributed by atoms with van der Waals surface area (Å²) in [6.45, 7) is 0. The molecular weight excluding hydrogens is 517 g/mol. The van der Waals surface area contributed by atoms with Crippen LogP contribution in [0.1, 0.15) is 11.1 Å². The first kappa shape index (κ1) is 22.3. The zero-order valence-electron chi connectivity index (χ0n) is 20.5. The van der Waals surface area contributed by atoms with Gasteiger partial charge in [-0.05, 0) is 0 Å². The van der Waals surface area contributed by atoms with Gasteiger partial charge >= 0.3 is 219 Å². The molecule has 37 heavy (non-hydrogen) atoms. The van der Waals surface area contributed by atoms with E-state index in [0.29, 0.717) is 0 Å². The number of fused-ring (bicyclic) bond motifs is 4. The number of rotatable bonds is 3. The van der Waals surface area contributed by atoms with Gasteiger partial charge in [0.1, 0.15) is 0 Å². The van der Waals surface area contributed by atoms with Crippen LogP contribution in [0, 0.1) is 0 Å².